The summed E-state index contributed by atoms with van der Waals surface area (Å²) in [7, 11) is 0. The highest BCUT2D eigenvalue weighted by Gasteiger charge is 2.40. The van der Waals surface area contributed by atoms with Crippen LogP contribution < -0.4 is 10.6 Å². The van der Waals surface area contributed by atoms with Crippen molar-refractivity contribution in [2.24, 2.45) is 4.99 Å². The van der Waals surface area contributed by atoms with Crippen LogP contribution in [0.15, 0.2) is 53.5 Å². The molecule has 1 fully saturated rings. The van der Waals surface area contributed by atoms with E-state index in [0.29, 0.717) is 0 Å². The van der Waals surface area contributed by atoms with E-state index in [4.69, 9.17) is 16.6 Å². The summed E-state index contributed by atoms with van der Waals surface area (Å²) in [6.45, 7) is 0.859. The smallest absolute Gasteiger partial charge is 0.128 e. The van der Waals surface area contributed by atoms with E-state index < -0.39 is 0 Å². The Labute approximate surface area is 158 Å². The molecule has 2 heterocycles. The van der Waals surface area contributed by atoms with Crippen LogP contribution in [0.1, 0.15) is 18.4 Å². The molecular formula is C20H22ClN3S. The second-order valence-corrected chi connectivity index (χ2v) is 8.26. The Kier molecular flexibility index (Phi) is 4.91. The molecule has 0 aliphatic carbocycles. The summed E-state index contributed by atoms with van der Waals surface area (Å²) in [6.07, 6.45) is 3.15. The van der Waals surface area contributed by atoms with Crippen LogP contribution in [0.5, 0.6) is 0 Å². The lowest BCUT2D eigenvalue weighted by Gasteiger charge is -2.42. The van der Waals surface area contributed by atoms with Gasteiger partial charge in [0.25, 0.3) is 0 Å². The van der Waals surface area contributed by atoms with Crippen molar-refractivity contribution in [2.45, 2.75) is 24.8 Å². The number of aliphatic imine (C=N–C) groups is 1. The van der Waals surface area contributed by atoms with Gasteiger partial charge in [0.15, 0.2) is 0 Å². The van der Waals surface area contributed by atoms with E-state index in [9.17, 15) is 0 Å². The minimum atomic E-state index is -0.0477. The van der Waals surface area contributed by atoms with Crippen molar-refractivity contribution in [3.63, 3.8) is 0 Å². The van der Waals surface area contributed by atoms with Crippen LogP contribution in [0, 0.1) is 0 Å². The van der Waals surface area contributed by atoms with Crippen molar-refractivity contribution < 1.29 is 0 Å². The molecule has 0 amide bonds. The fraction of sp³-hybridized carbons (Fsp3) is 0.350. The topological polar surface area (TPSA) is 36.4 Å². The zero-order valence-electron chi connectivity index (χ0n) is 14.1. The summed E-state index contributed by atoms with van der Waals surface area (Å²) in [5.41, 5.74) is 3.37. The average Bonchev–Trinajstić information content (AvgIpc) is 2.63. The molecule has 3 nitrogen and oxygen atoms in total. The Balaban J connectivity index is 1.53. The van der Waals surface area contributed by atoms with Crippen molar-refractivity contribution in [2.75, 3.05) is 23.4 Å². The van der Waals surface area contributed by atoms with Gasteiger partial charge in [-0.25, -0.2) is 4.99 Å². The normalized spacial score (nSPS) is 18.2. The van der Waals surface area contributed by atoms with Gasteiger partial charge in [0, 0.05) is 11.6 Å². The van der Waals surface area contributed by atoms with E-state index >= 15 is 0 Å². The first kappa shape index (κ1) is 16.8. The Morgan fingerprint density at radius 2 is 1.96 bits per heavy atom. The van der Waals surface area contributed by atoms with Crippen molar-refractivity contribution in [3.8, 4) is 0 Å². The van der Waals surface area contributed by atoms with Gasteiger partial charge < -0.3 is 10.6 Å². The highest BCUT2D eigenvalue weighted by Crippen LogP contribution is 2.39. The number of para-hydroxylation sites is 2. The van der Waals surface area contributed by atoms with Crippen LogP contribution in [0.2, 0.25) is 5.02 Å². The lowest BCUT2D eigenvalue weighted by Crippen LogP contribution is -2.56. The fourth-order valence-electron chi connectivity index (χ4n) is 3.53. The van der Waals surface area contributed by atoms with E-state index in [-0.39, 0.29) is 5.54 Å². The molecule has 2 aliphatic heterocycles. The second kappa shape index (κ2) is 7.30. The molecule has 2 N–H and O–H groups in total. The first-order valence-electron chi connectivity index (χ1n) is 8.78. The molecule has 2 aromatic rings. The number of amidine groups is 1. The first-order chi connectivity index (χ1) is 12.3. The van der Waals surface area contributed by atoms with Gasteiger partial charge in [0.1, 0.15) is 5.84 Å². The Hall–Kier alpha value is -1.65. The molecule has 0 unspecified atom stereocenters. The Bertz CT molecular complexity index is 784. The van der Waals surface area contributed by atoms with Gasteiger partial charge in [-0.05, 0) is 60.6 Å². The third-order valence-electron chi connectivity index (χ3n) is 4.91. The number of rotatable bonds is 3. The molecule has 5 heteroatoms. The molecule has 0 saturated carbocycles. The summed E-state index contributed by atoms with van der Waals surface area (Å²) >= 11 is 8.12. The SMILES string of the molecule is Clc1cccc(CCNC2=Nc3ccccc3NC23CCSCC3)c1. The van der Waals surface area contributed by atoms with Gasteiger partial charge in [0.05, 0.1) is 16.9 Å². The maximum atomic E-state index is 6.09. The number of hydrogen-bond donors (Lipinski definition) is 2. The zero-order valence-corrected chi connectivity index (χ0v) is 15.7. The molecule has 1 spiro atoms. The molecule has 25 heavy (non-hydrogen) atoms. The van der Waals surface area contributed by atoms with Gasteiger partial charge in [0.2, 0.25) is 0 Å². The lowest BCUT2D eigenvalue weighted by molar-refractivity contribution is 0.544. The number of halogens is 1. The van der Waals surface area contributed by atoms with Crippen molar-refractivity contribution in [3.05, 3.63) is 59.1 Å². The van der Waals surface area contributed by atoms with Crippen molar-refractivity contribution in [1.29, 1.82) is 0 Å². The average molecular weight is 372 g/mol. The second-order valence-electron chi connectivity index (χ2n) is 6.60. The van der Waals surface area contributed by atoms with Gasteiger partial charge in [-0.15, -0.1) is 0 Å². The minimum absolute atomic E-state index is 0.0477. The van der Waals surface area contributed by atoms with E-state index in [0.717, 1.165) is 48.0 Å². The summed E-state index contributed by atoms with van der Waals surface area (Å²) in [5.74, 6) is 3.43. The van der Waals surface area contributed by atoms with Crippen LogP contribution >= 0.6 is 23.4 Å². The third kappa shape index (κ3) is 3.65. The van der Waals surface area contributed by atoms with E-state index in [1.54, 1.807) is 0 Å². The number of fused-ring (bicyclic) bond motifs is 1. The predicted molar refractivity (Wildman–Crippen MR) is 110 cm³/mol. The van der Waals surface area contributed by atoms with Gasteiger partial charge in [-0.3, -0.25) is 0 Å². The summed E-state index contributed by atoms with van der Waals surface area (Å²) < 4.78 is 0. The number of nitrogens with zero attached hydrogens (tertiary/aromatic N) is 1. The van der Waals surface area contributed by atoms with Crippen LogP contribution in [0.3, 0.4) is 0 Å². The fourth-order valence-corrected chi connectivity index (χ4v) is 4.93. The third-order valence-corrected chi connectivity index (χ3v) is 6.13. The van der Waals surface area contributed by atoms with Crippen LogP contribution in [-0.4, -0.2) is 29.4 Å². The summed E-state index contributed by atoms with van der Waals surface area (Å²) in [5, 5.41) is 8.21. The maximum Gasteiger partial charge on any atom is 0.128 e. The molecule has 0 radical (unpaired) electrons. The highest BCUT2D eigenvalue weighted by atomic mass is 35.5. The summed E-state index contributed by atoms with van der Waals surface area (Å²) in [4.78, 5) is 4.98. The van der Waals surface area contributed by atoms with Crippen LogP contribution in [-0.2, 0) is 6.42 Å². The zero-order chi connectivity index (χ0) is 17.1. The Morgan fingerprint density at radius 3 is 2.80 bits per heavy atom. The monoisotopic (exact) mass is 371 g/mol. The van der Waals surface area contributed by atoms with Gasteiger partial charge >= 0.3 is 0 Å². The minimum Gasteiger partial charge on any atom is -0.371 e. The summed E-state index contributed by atoms with van der Waals surface area (Å²) in [6, 6.07) is 16.4. The van der Waals surface area contributed by atoms with E-state index in [1.807, 2.05) is 36.0 Å². The molecular weight excluding hydrogens is 350 g/mol. The maximum absolute atomic E-state index is 6.09. The predicted octanol–water partition coefficient (Wildman–Crippen LogP) is 4.89. The molecule has 0 aromatic heterocycles. The van der Waals surface area contributed by atoms with Crippen molar-refractivity contribution in [1.82, 2.24) is 5.32 Å². The number of hydrogen-bond acceptors (Lipinski definition) is 4. The van der Waals surface area contributed by atoms with Gasteiger partial charge in [-0.1, -0.05) is 35.9 Å². The molecule has 2 aliphatic rings. The highest BCUT2D eigenvalue weighted by molar-refractivity contribution is 7.99. The molecule has 0 bridgehead atoms. The van der Waals surface area contributed by atoms with Crippen LogP contribution in [0.4, 0.5) is 11.4 Å². The largest absolute Gasteiger partial charge is 0.371 e. The molecule has 2 aromatic carbocycles. The van der Waals surface area contributed by atoms with E-state index in [2.05, 4.69) is 34.9 Å². The number of benzene rings is 2. The molecule has 0 atom stereocenters. The lowest BCUT2D eigenvalue weighted by atomic mass is 9.88. The Morgan fingerprint density at radius 1 is 1.12 bits per heavy atom. The number of anilines is 1. The molecule has 1 saturated heterocycles. The van der Waals surface area contributed by atoms with Crippen LogP contribution in [0.25, 0.3) is 0 Å². The number of thioether (sulfide) groups is 1. The first-order valence-corrected chi connectivity index (χ1v) is 10.3. The standard InChI is InChI=1S/C20H22ClN3S/c21-16-5-3-4-15(14-16)8-11-22-19-20(9-12-25-13-10-20)24-18-7-2-1-6-17(18)23-19/h1-7,14,24H,8-13H2,(H,22,23). The quantitative estimate of drug-likeness (QED) is 0.806. The number of nitrogens with one attached hydrogen (secondary N) is 2. The van der Waals surface area contributed by atoms with Gasteiger partial charge in [-0.2, -0.15) is 11.8 Å². The molecule has 130 valence electrons. The molecule has 4 rings (SSSR count). The van der Waals surface area contributed by atoms with E-state index in [1.165, 1.54) is 17.1 Å². The van der Waals surface area contributed by atoms with Crippen molar-refractivity contribution >= 4 is 40.6 Å².